The fourth-order valence-corrected chi connectivity index (χ4v) is 7.48. The molecule has 2 aromatic heterocycles. The maximum atomic E-state index is 11.2. The fourth-order valence-electron chi connectivity index (χ4n) is 6.31. The summed E-state index contributed by atoms with van der Waals surface area (Å²) in [6, 6.07) is 44.3. The van der Waals surface area contributed by atoms with E-state index in [2.05, 4.69) is 142 Å². The van der Waals surface area contributed by atoms with Crippen molar-refractivity contribution in [2.24, 2.45) is 0 Å². The van der Waals surface area contributed by atoms with Crippen LogP contribution >= 0.6 is 0 Å². The number of rotatable bonds is 6. The van der Waals surface area contributed by atoms with Gasteiger partial charge in [-0.15, -0.1) is 0 Å². The Labute approximate surface area is 284 Å². The number of hydrogen-bond donors (Lipinski definition) is 1. The van der Waals surface area contributed by atoms with Gasteiger partial charge in [-0.1, -0.05) is 124 Å². The first-order chi connectivity index (χ1) is 23.0. The maximum Gasteiger partial charge on any atom is 0.149 e. The van der Waals surface area contributed by atoms with Crippen LogP contribution in [0.5, 0.6) is 5.75 Å². The first-order valence-electron chi connectivity index (χ1n) is 16.6. The lowest BCUT2D eigenvalue weighted by Gasteiger charge is -2.20. The van der Waals surface area contributed by atoms with E-state index in [0.717, 1.165) is 50.2 Å². The number of benzene rings is 5. The quantitative estimate of drug-likeness (QED) is 0.184. The van der Waals surface area contributed by atoms with E-state index in [1.54, 1.807) is 6.07 Å². The van der Waals surface area contributed by atoms with Gasteiger partial charge < -0.3 is 5.11 Å². The Bertz CT molecular complexity index is 2260. The predicted molar refractivity (Wildman–Crippen MR) is 204 cm³/mol. The Kier molecular flexibility index (Phi) is 7.88. The molecule has 0 aliphatic rings. The van der Waals surface area contributed by atoms with Gasteiger partial charge in [0.25, 0.3) is 0 Å². The third kappa shape index (κ3) is 5.98. The summed E-state index contributed by atoms with van der Waals surface area (Å²) < 4.78 is 2.16. The Morgan fingerprint density at radius 2 is 1.35 bits per heavy atom. The van der Waals surface area contributed by atoms with Crippen LogP contribution in [0.25, 0.3) is 61.6 Å². The van der Waals surface area contributed by atoms with E-state index in [1.165, 1.54) is 10.8 Å². The van der Waals surface area contributed by atoms with Gasteiger partial charge in [-0.2, -0.15) is 0 Å². The van der Waals surface area contributed by atoms with Crippen molar-refractivity contribution in [1.82, 2.24) is 14.5 Å². The zero-order chi connectivity index (χ0) is 33.6. The molecule has 4 nitrogen and oxygen atoms in total. The zero-order valence-corrected chi connectivity index (χ0v) is 29.5. The number of hydrogen-bond acceptors (Lipinski definition) is 3. The first-order valence-corrected chi connectivity index (χ1v) is 20.1. The van der Waals surface area contributed by atoms with Gasteiger partial charge in [-0.3, -0.25) is 9.55 Å². The minimum atomic E-state index is -1.36. The van der Waals surface area contributed by atoms with Crippen LogP contribution in [0.15, 0.2) is 134 Å². The summed E-state index contributed by atoms with van der Waals surface area (Å²) in [5.41, 5.74) is 11.0. The highest BCUT2D eigenvalue weighted by Gasteiger charge is 2.23. The summed E-state index contributed by atoms with van der Waals surface area (Å²) >= 11 is 0. The van der Waals surface area contributed by atoms with Gasteiger partial charge in [0.1, 0.15) is 11.6 Å². The minimum Gasteiger partial charge on any atom is -0.507 e. The van der Waals surface area contributed by atoms with Crippen molar-refractivity contribution in [2.75, 3.05) is 0 Å². The molecule has 0 aliphatic heterocycles. The number of aromatic hydroxyl groups is 1. The lowest BCUT2D eigenvalue weighted by atomic mass is 9.86. The molecule has 0 amide bonds. The summed E-state index contributed by atoms with van der Waals surface area (Å²) in [5.74, 6) is 0.915. The molecule has 5 heteroatoms. The third-order valence-corrected chi connectivity index (χ3v) is 11.2. The average molecular weight is 644 g/mol. The van der Waals surface area contributed by atoms with Gasteiger partial charge in [0.15, 0.2) is 0 Å². The molecule has 2 heterocycles. The van der Waals surface area contributed by atoms with Crippen LogP contribution in [-0.4, -0.2) is 27.7 Å². The van der Waals surface area contributed by atoms with E-state index in [1.807, 2.05) is 30.5 Å². The number of imidazole rings is 1. The molecule has 0 atom stereocenters. The molecular formula is C43H41N3OSi. The van der Waals surface area contributed by atoms with E-state index in [-0.39, 0.29) is 11.2 Å². The smallest absolute Gasteiger partial charge is 0.149 e. The van der Waals surface area contributed by atoms with E-state index in [0.29, 0.717) is 11.4 Å². The highest BCUT2D eigenvalue weighted by Crippen LogP contribution is 2.39. The molecule has 1 N–H and O–H groups in total. The van der Waals surface area contributed by atoms with Crippen molar-refractivity contribution in [2.45, 2.75) is 45.8 Å². The SMILES string of the molecule is CC(C)(C)c1ccc(O)c(-c2nc3c(-c4cccc(-c5cc(-c6ccc([Si](C)(C)C)cc6)ccn5)c4)cccc3n2-c2ccccc2)c1. The number of para-hydroxylation sites is 2. The number of nitrogens with zero attached hydrogens (tertiary/aromatic N) is 3. The number of pyridine rings is 1. The molecule has 0 unspecified atom stereocenters. The van der Waals surface area contributed by atoms with E-state index < -0.39 is 8.07 Å². The largest absolute Gasteiger partial charge is 0.507 e. The zero-order valence-electron chi connectivity index (χ0n) is 28.5. The van der Waals surface area contributed by atoms with Crippen LogP contribution in [0.4, 0.5) is 0 Å². The van der Waals surface area contributed by atoms with Crippen molar-refractivity contribution in [1.29, 1.82) is 0 Å². The van der Waals surface area contributed by atoms with Crippen molar-refractivity contribution < 1.29 is 5.11 Å². The van der Waals surface area contributed by atoms with E-state index in [4.69, 9.17) is 9.97 Å². The second kappa shape index (κ2) is 12.1. The lowest BCUT2D eigenvalue weighted by molar-refractivity contribution is 0.475. The first kappa shape index (κ1) is 31.3. The van der Waals surface area contributed by atoms with Gasteiger partial charge in [0.05, 0.1) is 30.4 Å². The molecule has 7 rings (SSSR count). The molecule has 7 aromatic rings. The molecule has 0 radical (unpaired) electrons. The van der Waals surface area contributed by atoms with Gasteiger partial charge in [0.2, 0.25) is 0 Å². The lowest BCUT2D eigenvalue weighted by Crippen LogP contribution is -2.37. The van der Waals surface area contributed by atoms with Gasteiger partial charge in [-0.05, 0) is 76.2 Å². The fraction of sp³-hybridized carbons (Fsp3) is 0.163. The molecule has 0 fully saturated rings. The van der Waals surface area contributed by atoms with Crippen LogP contribution < -0.4 is 5.19 Å². The highest BCUT2D eigenvalue weighted by molar-refractivity contribution is 6.88. The van der Waals surface area contributed by atoms with E-state index >= 15 is 0 Å². The van der Waals surface area contributed by atoms with Crippen molar-refractivity contribution in [3.8, 4) is 56.3 Å². The Hall–Kier alpha value is -5.26. The summed E-state index contributed by atoms with van der Waals surface area (Å²) in [6.07, 6.45) is 1.90. The Morgan fingerprint density at radius 1 is 0.625 bits per heavy atom. The average Bonchev–Trinajstić information content (AvgIpc) is 3.48. The maximum absolute atomic E-state index is 11.2. The van der Waals surface area contributed by atoms with Crippen LogP contribution in [0, 0.1) is 0 Å². The van der Waals surface area contributed by atoms with Crippen molar-refractivity contribution >= 4 is 24.3 Å². The second-order valence-electron chi connectivity index (χ2n) is 14.6. The summed E-state index contributed by atoms with van der Waals surface area (Å²) in [4.78, 5) is 10.1. The monoisotopic (exact) mass is 643 g/mol. The molecule has 48 heavy (non-hydrogen) atoms. The molecule has 0 saturated carbocycles. The van der Waals surface area contributed by atoms with Gasteiger partial charge >= 0.3 is 0 Å². The van der Waals surface area contributed by atoms with Crippen molar-refractivity contribution in [3.05, 3.63) is 139 Å². The number of aromatic nitrogens is 3. The molecule has 0 bridgehead atoms. The topological polar surface area (TPSA) is 50.9 Å². The van der Waals surface area contributed by atoms with Crippen LogP contribution in [0.1, 0.15) is 26.3 Å². The normalized spacial score (nSPS) is 12.0. The minimum absolute atomic E-state index is 0.0829. The summed E-state index contributed by atoms with van der Waals surface area (Å²) in [6.45, 7) is 13.7. The number of phenolic OH excluding ortho intramolecular Hbond substituents is 1. The molecule has 0 spiro atoms. The van der Waals surface area contributed by atoms with E-state index in [9.17, 15) is 5.11 Å². The Morgan fingerprint density at radius 3 is 2.08 bits per heavy atom. The highest BCUT2D eigenvalue weighted by atomic mass is 28.3. The van der Waals surface area contributed by atoms with Crippen LogP contribution in [0.3, 0.4) is 0 Å². The van der Waals surface area contributed by atoms with Gasteiger partial charge in [0, 0.05) is 23.0 Å². The molecular weight excluding hydrogens is 603 g/mol. The number of fused-ring (bicyclic) bond motifs is 1. The van der Waals surface area contributed by atoms with Crippen LogP contribution in [-0.2, 0) is 5.41 Å². The number of phenols is 1. The molecule has 238 valence electrons. The standard InChI is InChI=1S/C43H41N3OSi/c1-43(2,3)33-20-23-40(47)37(28-33)42-45-41-36(16-11-17-39(41)46(42)34-14-8-7-9-15-34)31-12-10-13-32(26-31)38-27-30(24-25-44-38)29-18-21-35(22-19-29)48(4,5)6/h7-28,47H,1-6H3. The summed E-state index contributed by atoms with van der Waals surface area (Å²) in [7, 11) is -1.36. The Balaban J connectivity index is 1.35. The second-order valence-corrected chi connectivity index (χ2v) is 19.7. The molecule has 5 aromatic carbocycles. The predicted octanol–water partition coefficient (Wildman–Crippen LogP) is 10.6. The van der Waals surface area contributed by atoms with Crippen LogP contribution in [0.2, 0.25) is 19.6 Å². The molecule has 0 saturated heterocycles. The van der Waals surface area contributed by atoms with Crippen molar-refractivity contribution in [3.63, 3.8) is 0 Å². The summed E-state index contributed by atoms with van der Waals surface area (Å²) in [5, 5.41) is 12.7. The molecule has 0 aliphatic carbocycles. The third-order valence-electron chi connectivity index (χ3n) is 9.12. The van der Waals surface area contributed by atoms with Gasteiger partial charge in [-0.25, -0.2) is 4.98 Å².